The third-order valence-electron chi connectivity index (χ3n) is 5.26. The predicted molar refractivity (Wildman–Crippen MR) is 97.0 cm³/mol. The molecule has 138 valence electrons. The zero-order valence-corrected chi connectivity index (χ0v) is 15.0. The van der Waals surface area contributed by atoms with E-state index in [0.29, 0.717) is 6.54 Å². The standard InChI is InChI=1S/C20H30N2O3/c23-19(14-20(24)7-2-1-3-8-20)21-15-17-5-4-6-18(13-17)16-22-9-11-25-12-10-22/h4-6,13,24H,1-3,7-12,14-16H2,(H,21,23). The summed E-state index contributed by atoms with van der Waals surface area (Å²) >= 11 is 0. The van der Waals surface area contributed by atoms with Crippen LogP contribution in [0.5, 0.6) is 0 Å². The van der Waals surface area contributed by atoms with E-state index in [9.17, 15) is 9.90 Å². The van der Waals surface area contributed by atoms with Gasteiger partial charge in [0.05, 0.1) is 25.2 Å². The van der Waals surface area contributed by atoms with E-state index in [0.717, 1.165) is 64.1 Å². The Balaban J connectivity index is 1.47. The molecule has 0 atom stereocenters. The van der Waals surface area contributed by atoms with E-state index >= 15 is 0 Å². The normalized spacial score (nSPS) is 21.0. The van der Waals surface area contributed by atoms with Crippen LogP contribution in [0.4, 0.5) is 0 Å². The van der Waals surface area contributed by atoms with Gasteiger partial charge in [-0.1, -0.05) is 43.5 Å². The first-order valence-corrected chi connectivity index (χ1v) is 9.50. The third-order valence-corrected chi connectivity index (χ3v) is 5.26. The fourth-order valence-corrected chi connectivity index (χ4v) is 3.80. The van der Waals surface area contributed by atoms with Crippen LogP contribution in [-0.2, 0) is 22.6 Å². The molecule has 1 aliphatic heterocycles. The highest BCUT2D eigenvalue weighted by Gasteiger charge is 2.31. The molecule has 0 radical (unpaired) electrons. The van der Waals surface area contributed by atoms with Crippen LogP contribution in [0.15, 0.2) is 24.3 Å². The molecular weight excluding hydrogens is 316 g/mol. The summed E-state index contributed by atoms with van der Waals surface area (Å²) in [6.45, 7) is 4.99. The number of amides is 1. The average Bonchev–Trinajstić information content (AvgIpc) is 2.61. The van der Waals surface area contributed by atoms with Gasteiger partial charge in [0, 0.05) is 26.2 Å². The van der Waals surface area contributed by atoms with Gasteiger partial charge in [-0.3, -0.25) is 9.69 Å². The van der Waals surface area contributed by atoms with Crippen molar-refractivity contribution in [1.29, 1.82) is 0 Å². The summed E-state index contributed by atoms with van der Waals surface area (Å²) < 4.78 is 5.39. The maximum Gasteiger partial charge on any atom is 0.223 e. The largest absolute Gasteiger partial charge is 0.389 e. The number of hydrogen-bond acceptors (Lipinski definition) is 4. The van der Waals surface area contributed by atoms with Crippen molar-refractivity contribution in [2.75, 3.05) is 26.3 Å². The zero-order chi connectivity index (χ0) is 17.5. The second kappa shape index (κ2) is 8.79. The fraction of sp³-hybridized carbons (Fsp3) is 0.650. The van der Waals surface area contributed by atoms with Crippen molar-refractivity contribution in [2.45, 2.75) is 57.2 Å². The van der Waals surface area contributed by atoms with Gasteiger partial charge in [-0.2, -0.15) is 0 Å². The summed E-state index contributed by atoms with van der Waals surface area (Å²) in [7, 11) is 0. The summed E-state index contributed by atoms with van der Waals surface area (Å²) in [5, 5.41) is 13.5. The molecule has 0 spiro atoms. The molecular formula is C20H30N2O3. The van der Waals surface area contributed by atoms with E-state index in [1.54, 1.807) is 0 Å². The molecule has 2 N–H and O–H groups in total. The lowest BCUT2D eigenvalue weighted by Gasteiger charge is -2.31. The lowest BCUT2D eigenvalue weighted by molar-refractivity contribution is -0.127. The zero-order valence-electron chi connectivity index (χ0n) is 15.0. The minimum Gasteiger partial charge on any atom is -0.389 e. The second-order valence-electron chi connectivity index (χ2n) is 7.45. The van der Waals surface area contributed by atoms with Crippen molar-refractivity contribution in [3.63, 3.8) is 0 Å². The van der Waals surface area contributed by atoms with Gasteiger partial charge in [0.1, 0.15) is 0 Å². The van der Waals surface area contributed by atoms with Crippen molar-refractivity contribution < 1.29 is 14.6 Å². The Hall–Kier alpha value is -1.43. The van der Waals surface area contributed by atoms with Crippen molar-refractivity contribution in [2.24, 2.45) is 0 Å². The molecule has 5 nitrogen and oxygen atoms in total. The van der Waals surface area contributed by atoms with E-state index in [-0.39, 0.29) is 12.3 Å². The third kappa shape index (κ3) is 5.80. The number of nitrogens with zero attached hydrogens (tertiary/aromatic N) is 1. The van der Waals surface area contributed by atoms with E-state index < -0.39 is 5.60 Å². The van der Waals surface area contributed by atoms with Gasteiger partial charge in [0.2, 0.25) is 5.91 Å². The van der Waals surface area contributed by atoms with Gasteiger partial charge in [-0.25, -0.2) is 0 Å². The van der Waals surface area contributed by atoms with E-state index in [4.69, 9.17) is 4.74 Å². The number of benzene rings is 1. The van der Waals surface area contributed by atoms with Crippen molar-refractivity contribution in [1.82, 2.24) is 10.2 Å². The highest BCUT2D eigenvalue weighted by atomic mass is 16.5. The van der Waals surface area contributed by atoms with Gasteiger partial charge in [0.15, 0.2) is 0 Å². The highest BCUT2D eigenvalue weighted by Crippen LogP contribution is 2.30. The average molecular weight is 346 g/mol. The summed E-state index contributed by atoms with van der Waals surface area (Å²) in [6, 6.07) is 8.38. The molecule has 1 aromatic carbocycles. The van der Waals surface area contributed by atoms with Crippen LogP contribution >= 0.6 is 0 Å². The van der Waals surface area contributed by atoms with Crippen LogP contribution in [0.25, 0.3) is 0 Å². The van der Waals surface area contributed by atoms with Crippen LogP contribution in [0.2, 0.25) is 0 Å². The molecule has 0 bridgehead atoms. The molecule has 1 saturated heterocycles. The Morgan fingerprint density at radius 1 is 1.16 bits per heavy atom. The van der Waals surface area contributed by atoms with Gasteiger partial charge < -0.3 is 15.2 Å². The Labute approximate surface area is 150 Å². The number of hydrogen-bond donors (Lipinski definition) is 2. The van der Waals surface area contributed by atoms with E-state index in [2.05, 4.69) is 22.3 Å². The van der Waals surface area contributed by atoms with Crippen molar-refractivity contribution in [3.8, 4) is 0 Å². The summed E-state index contributed by atoms with van der Waals surface area (Å²) in [6.07, 6.45) is 4.92. The summed E-state index contributed by atoms with van der Waals surface area (Å²) in [4.78, 5) is 14.6. The lowest BCUT2D eigenvalue weighted by Crippen LogP contribution is -2.38. The molecule has 1 heterocycles. The Kier molecular flexibility index (Phi) is 6.45. The number of carbonyl (C=O) groups is 1. The predicted octanol–water partition coefficient (Wildman–Crippen LogP) is 2.22. The SMILES string of the molecule is O=C(CC1(O)CCCCC1)NCc1cccc(CN2CCOCC2)c1. The smallest absolute Gasteiger partial charge is 0.223 e. The maximum absolute atomic E-state index is 12.2. The van der Waals surface area contributed by atoms with Gasteiger partial charge in [-0.05, 0) is 24.0 Å². The number of morpholine rings is 1. The first-order chi connectivity index (χ1) is 12.1. The van der Waals surface area contributed by atoms with Crippen LogP contribution in [0, 0.1) is 0 Å². The molecule has 1 amide bonds. The molecule has 1 aromatic rings. The number of carbonyl (C=O) groups excluding carboxylic acids is 1. The first kappa shape index (κ1) is 18.4. The molecule has 2 fully saturated rings. The van der Waals surface area contributed by atoms with E-state index in [1.165, 1.54) is 12.0 Å². The molecule has 2 aliphatic rings. The van der Waals surface area contributed by atoms with E-state index in [1.807, 2.05) is 12.1 Å². The summed E-state index contributed by atoms with van der Waals surface area (Å²) in [5.74, 6) is -0.0528. The number of nitrogens with one attached hydrogen (secondary N) is 1. The molecule has 0 aromatic heterocycles. The monoisotopic (exact) mass is 346 g/mol. The van der Waals surface area contributed by atoms with Crippen LogP contribution in [0.3, 0.4) is 0 Å². The molecule has 3 rings (SSSR count). The molecule has 1 aliphatic carbocycles. The molecule has 0 unspecified atom stereocenters. The van der Waals surface area contributed by atoms with Crippen LogP contribution in [-0.4, -0.2) is 47.8 Å². The minimum atomic E-state index is -0.791. The van der Waals surface area contributed by atoms with Crippen LogP contribution in [0.1, 0.15) is 49.7 Å². The fourth-order valence-electron chi connectivity index (χ4n) is 3.80. The molecule has 25 heavy (non-hydrogen) atoms. The lowest BCUT2D eigenvalue weighted by atomic mass is 9.82. The van der Waals surface area contributed by atoms with Gasteiger partial charge in [0.25, 0.3) is 0 Å². The Bertz CT molecular complexity index is 564. The maximum atomic E-state index is 12.2. The Morgan fingerprint density at radius 2 is 1.88 bits per heavy atom. The van der Waals surface area contributed by atoms with Crippen molar-refractivity contribution >= 4 is 5.91 Å². The summed E-state index contributed by atoms with van der Waals surface area (Å²) in [5.41, 5.74) is 1.58. The second-order valence-corrected chi connectivity index (χ2v) is 7.45. The topological polar surface area (TPSA) is 61.8 Å². The number of ether oxygens (including phenoxy) is 1. The van der Waals surface area contributed by atoms with Crippen molar-refractivity contribution in [3.05, 3.63) is 35.4 Å². The van der Waals surface area contributed by atoms with Crippen LogP contribution < -0.4 is 5.32 Å². The minimum absolute atomic E-state index is 0.0528. The molecule has 5 heteroatoms. The van der Waals surface area contributed by atoms with Gasteiger partial charge >= 0.3 is 0 Å². The first-order valence-electron chi connectivity index (χ1n) is 9.50. The van der Waals surface area contributed by atoms with Gasteiger partial charge in [-0.15, -0.1) is 0 Å². The number of rotatable bonds is 6. The molecule has 1 saturated carbocycles. The Morgan fingerprint density at radius 3 is 2.64 bits per heavy atom. The number of aliphatic hydroxyl groups is 1. The quantitative estimate of drug-likeness (QED) is 0.829. The highest BCUT2D eigenvalue weighted by molar-refractivity contribution is 5.77.